The lowest BCUT2D eigenvalue weighted by molar-refractivity contribution is -0.135. The van der Waals surface area contributed by atoms with Crippen LogP contribution in [0.15, 0.2) is 42.5 Å². The monoisotopic (exact) mass is 477 g/mol. The molecule has 0 radical (unpaired) electrons. The Hall–Kier alpha value is -2.35. The first-order valence-corrected chi connectivity index (χ1v) is 11.0. The summed E-state index contributed by atoms with van der Waals surface area (Å²) in [4.78, 5) is 28.9. The van der Waals surface area contributed by atoms with Crippen LogP contribution in [0.25, 0.3) is 0 Å². The van der Waals surface area contributed by atoms with Crippen LogP contribution in [0.5, 0.6) is 5.75 Å². The second-order valence-electron chi connectivity index (χ2n) is 7.62. The molecule has 2 atom stereocenters. The highest BCUT2D eigenvalue weighted by Gasteiger charge is 2.42. The van der Waals surface area contributed by atoms with Gasteiger partial charge in [0.05, 0.1) is 23.7 Å². The lowest BCUT2D eigenvalue weighted by Gasteiger charge is -2.38. The van der Waals surface area contributed by atoms with E-state index in [1.807, 2.05) is 11.0 Å². The number of ether oxygens (including phenoxy) is 1. The van der Waals surface area contributed by atoms with E-state index in [0.717, 1.165) is 5.56 Å². The zero-order valence-electron chi connectivity index (χ0n) is 16.8. The number of carbonyl (C=O) groups is 2. The van der Waals surface area contributed by atoms with Crippen LogP contribution >= 0.6 is 35.4 Å². The topological polar surface area (TPSA) is 61.9 Å². The van der Waals surface area contributed by atoms with Gasteiger partial charge in [-0.1, -0.05) is 41.4 Å². The molecule has 0 saturated carbocycles. The second-order valence-corrected chi connectivity index (χ2v) is 8.79. The number of halogens is 2. The van der Waals surface area contributed by atoms with Crippen LogP contribution in [0.4, 0.5) is 0 Å². The lowest BCUT2D eigenvalue weighted by atomic mass is 9.95. The number of thiocarbonyl (C=S) groups is 1. The van der Waals surface area contributed by atoms with Crippen LogP contribution in [-0.2, 0) is 4.79 Å². The van der Waals surface area contributed by atoms with E-state index in [1.165, 1.54) is 0 Å². The molecule has 162 valence electrons. The minimum atomic E-state index is -0.291. The first-order chi connectivity index (χ1) is 14.9. The fourth-order valence-corrected chi connectivity index (χ4v) is 4.98. The Balaban J connectivity index is 1.48. The number of benzene rings is 2. The Kier molecular flexibility index (Phi) is 6.36. The predicted octanol–water partition coefficient (Wildman–Crippen LogP) is 3.72. The number of piperazine rings is 1. The van der Waals surface area contributed by atoms with Crippen LogP contribution in [0, 0.1) is 0 Å². The van der Waals surface area contributed by atoms with Gasteiger partial charge in [0.25, 0.3) is 5.91 Å². The molecule has 31 heavy (non-hydrogen) atoms. The molecule has 0 aliphatic carbocycles. The normalized spacial score (nSPS) is 20.4. The van der Waals surface area contributed by atoms with Crippen molar-refractivity contribution in [1.29, 1.82) is 0 Å². The molecule has 2 aromatic rings. The number of rotatable bonds is 3. The van der Waals surface area contributed by atoms with E-state index in [-0.39, 0.29) is 35.4 Å². The van der Waals surface area contributed by atoms with Crippen LogP contribution in [0.1, 0.15) is 28.3 Å². The van der Waals surface area contributed by atoms with E-state index in [4.69, 9.17) is 40.2 Å². The number of fused-ring (bicyclic) bond motifs is 1. The molecule has 9 heteroatoms. The van der Waals surface area contributed by atoms with Gasteiger partial charge in [-0.3, -0.25) is 14.9 Å². The third-order valence-electron chi connectivity index (χ3n) is 5.76. The van der Waals surface area contributed by atoms with Crippen molar-refractivity contribution in [2.45, 2.75) is 18.4 Å². The number of methoxy groups -OCH3 is 1. The third kappa shape index (κ3) is 4.35. The van der Waals surface area contributed by atoms with Gasteiger partial charge in [-0.25, -0.2) is 0 Å². The molecule has 0 aromatic heterocycles. The highest BCUT2D eigenvalue weighted by atomic mass is 35.5. The predicted molar refractivity (Wildman–Crippen MR) is 124 cm³/mol. The van der Waals surface area contributed by atoms with Crippen molar-refractivity contribution in [2.24, 2.45) is 0 Å². The molecular formula is C22H21Cl2N3O3S. The van der Waals surface area contributed by atoms with Crippen LogP contribution in [0.2, 0.25) is 10.0 Å². The van der Waals surface area contributed by atoms with Gasteiger partial charge in [-0.15, -0.1) is 0 Å². The van der Waals surface area contributed by atoms with Crippen LogP contribution in [-0.4, -0.2) is 59.5 Å². The summed E-state index contributed by atoms with van der Waals surface area (Å²) in [7, 11) is 1.59. The summed E-state index contributed by atoms with van der Waals surface area (Å²) in [5.74, 6) is 0.337. The van der Waals surface area contributed by atoms with Gasteiger partial charge < -0.3 is 14.5 Å². The van der Waals surface area contributed by atoms with Crippen molar-refractivity contribution in [1.82, 2.24) is 15.1 Å². The summed E-state index contributed by atoms with van der Waals surface area (Å²) >= 11 is 18.2. The van der Waals surface area contributed by atoms with E-state index >= 15 is 0 Å². The Morgan fingerprint density at radius 3 is 2.61 bits per heavy atom. The van der Waals surface area contributed by atoms with Gasteiger partial charge in [0, 0.05) is 36.2 Å². The molecule has 6 nitrogen and oxygen atoms in total. The second kappa shape index (κ2) is 9.02. The molecule has 4 rings (SSSR count). The van der Waals surface area contributed by atoms with E-state index < -0.39 is 0 Å². The summed E-state index contributed by atoms with van der Waals surface area (Å²) in [6.07, 6.45) is 0.702. The Morgan fingerprint density at radius 2 is 1.90 bits per heavy atom. The maximum atomic E-state index is 12.9. The average molecular weight is 478 g/mol. The number of nitrogens with one attached hydrogen (secondary N) is 1. The van der Waals surface area contributed by atoms with E-state index in [0.29, 0.717) is 40.9 Å². The number of hydrogen-bond acceptors (Lipinski definition) is 4. The van der Waals surface area contributed by atoms with Gasteiger partial charge in [0.2, 0.25) is 5.91 Å². The molecule has 2 fully saturated rings. The van der Waals surface area contributed by atoms with E-state index in [9.17, 15) is 9.59 Å². The molecule has 2 heterocycles. The standard InChI is InChI=1S/C22H21Cl2N3O3S/c1-30-17-8-7-16(23)20(24)19(17)14-9-15-11-26(12-18(28)27(15)10-14)22(31)25-21(29)13-5-3-2-4-6-13/h2-8,14-15H,9-12H2,1H3,(H,25,29,31)/t14-,15-/m0/s1. The first kappa shape index (κ1) is 21.9. The van der Waals surface area contributed by atoms with Crippen molar-refractivity contribution in [3.05, 3.63) is 63.6 Å². The summed E-state index contributed by atoms with van der Waals surface area (Å²) in [5.41, 5.74) is 1.34. The zero-order chi connectivity index (χ0) is 22.1. The van der Waals surface area contributed by atoms with Gasteiger partial charge in [-0.05, 0) is 42.9 Å². The maximum Gasteiger partial charge on any atom is 0.257 e. The summed E-state index contributed by atoms with van der Waals surface area (Å²) in [5, 5.41) is 3.90. The highest BCUT2D eigenvalue weighted by Crippen LogP contribution is 2.44. The van der Waals surface area contributed by atoms with Crippen molar-refractivity contribution in [3.63, 3.8) is 0 Å². The zero-order valence-corrected chi connectivity index (χ0v) is 19.1. The molecule has 2 aliphatic heterocycles. The fourth-order valence-electron chi connectivity index (χ4n) is 4.28. The lowest BCUT2D eigenvalue weighted by Crippen LogP contribution is -2.57. The van der Waals surface area contributed by atoms with E-state index in [2.05, 4.69) is 5.32 Å². The summed E-state index contributed by atoms with van der Waals surface area (Å²) < 4.78 is 5.49. The molecule has 0 unspecified atom stereocenters. The molecule has 2 saturated heterocycles. The van der Waals surface area contributed by atoms with Crippen molar-refractivity contribution >= 4 is 52.3 Å². The molecule has 2 aromatic carbocycles. The Bertz CT molecular complexity index is 1030. The average Bonchev–Trinajstić information content (AvgIpc) is 3.20. The maximum absolute atomic E-state index is 12.9. The summed E-state index contributed by atoms with van der Waals surface area (Å²) in [6.45, 7) is 1.20. The summed E-state index contributed by atoms with van der Waals surface area (Å²) in [6, 6.07) is 12.3. The Labute approximate surface area is 196 Å². The molecule has 2 aliphatic rings. The SMILES string of the molecule is COc1ccc(Cl)c(Cl)c1[C@H]1C[C@H]2CN(C(=S)NC(=O)c3ccccc3)CC(=O)N2C1. The molecular weight excluding hydrogens is 457 g/mol. The molecule has 0 spiro atoms. The Morgan fingerprint density at radius 1 is 1.16 bits per heavy atom. The minimum Gasteiger partial charge on any atom is -0.496 e. The highest BCUT2D eigenvalue weighted by molar-refractivity contribution is 7.80. The van der Waals surface area contributed by atoms with Crippen LogP contribution < -0.4 is 10.1 Å². The molecule has 2 amide bonds. The van der Waals surface area contributed by atoms with Gasteiger partial charge >= 0.3 is 0 Å². The fraction of sp³-hybridized carbons (Fsp3) is 0.318. The number of amides is 2. The van der Waals surface area contributed by atoms with Gasteiger partial charge in [0.1, 0.15) is 5.75 Å². The van der Waals surface area contributed by atoms with Crippen molar-refractivity contribution in [2.75, 3.05) is 26.7 Å². The number of carbonyl (C=O) groups excluding carboxylic acids is 2. The van der Waals surface area contributed by atoms with Crippen LogP contribution in [0.3, 0.4) is 0 Å². The third-order valence-corrected chi connectivity index (χ3v) is 6.94. The minimum absolute atomic E-state index is 0.00234. The van der Waals surface area contributed by atoms with E-state index in [1.54, 1.807) is 48.4 Å². The first-order valence-electron chi connectivity index (χ1n) is 9.85. The van der Waals surface area contributed by atoms with Crippen molar-refractivity contribution in [3.8, 4) is 5.75 Å². The smallest absolute Gasteiger partial charge is 0.257 e. The number of hydrogen-bond donors (Lipinski definition) is 1. The van der Waals surface area contributed by atoms with Gasteiger partial charge in [-0.2, -0.15) is 0 Å². The molecule has 0 bridgehead atoms. The van der Waals surface area contributed by atoms with Gasteiger partial charge in [0.15, 0.2) is 5.11 Å². The quantitative estimate of drug-likeness (QED) is 0.682. The number of nitrogens with zero attached hydrogens (tertiary/aromatic N) is 2. The molecule has 1 N–H and O–H groups in total. The van der Waals surface area contributed by atoms with Crippen molar-refractivity contribution < 1.29 is 14.3 Å². The largest absolute Gasteiger partial charge is 0.496 e.